The lowest BCUT2D eigenvalue weighted by molar-refractivity contribution is -0.130. The van der Waals surface area contributed by atoms with Crippen LogP contribution >= 0.6 is 0 Å². The van der Waals surface area contributed by atoms with Gasteiger partial charge < -0.3 is 19.1 Å². The van der Waals surface area contributed by atoms with E-state index in [-0.39, 0.29) is 11.5 Å². The molecular formula is C19H25N3O5. The summed E-state index contributed by atoms with van der Waals surface area (Å²) in [5, 5.41) is 0.424. The highest BCUT2D eigenvalue weighted by molar-refractivity contribution is 5.89. The molecule has 0 aliphatic carbocycles. The molecule has 1 aromatic carbocycles. The molecule has 0 saturated carbocycles. The molecule has 146 valence electrons. The summed E-state index contributed by atoms with van der Waals surface area (Å²) in [5.41, 5.74) is 0.302. The van der Waals surface area contributed by atoms with Crippen molar-refractivity contribution in [3.05, 3.63) is 22.7 Å². The van der Waals surface area contributed by atoms with Gasteiger partial charge in [-0.1, -0.05) is 0 Å². The van der Waals surface area contributed by atoms with Gasteiger partial charge in [0.1, 0.15) is 5.52 Å². The Morgan fingerprint density at radius 2 is 1.81 bits per heavy atom. The second-order valence-electron chi connectivity index (χ2n) is 6.69. The van der Waals surface area contributed by atoms with E-state index in [2.05, 4.69) is 4.98 Å². The minimum absolute atomic E-state index is 0.103. The summed E-state index contributed by atoms with van der Waals surface area (Å²) >= 11 is 0. The minimum Gasteiger partial charge on any atom is -0.493 e. The molecule has 0 unspecified atom stereocenters. The first-order valence-corrected chi connectivity index (χ1v) is 8.93. The molecule has 0 radical (unpaired) electrons. The molecular weight excluding hydrogens is 350 g/mol. The van der Waals surface area contributed by atoms with E-state index in [0.29, 0.717) is 40.6 Å². The smallest absolute Gasteiger partial charge is 0.261 e. The van der Waals surface area contributed by atoms with Crippen LogP contribution in [0.25, 0.3) is 10.9 Å². The summed E-state index contributed by atoms with van der Waals surface area (Å²) in [6, 6.07) is 1.64. The van der Waals surface area contributed by atoms with E-state index >= 15 is 0 Å². The third-order valence-corrected chi connectivity index (χ3v) is 5.14. The average molecular weight is 375 g/mol. The molecule has 1 aliphatic heterocycles. The highest BCUT2D eigenvalue weighted by Gasteiger charge is 2.23. The summed E-state index contributed by atoms with van der Waals surface area (Å²) in [6.07, 6.45) is 3.30. The summed E-state index contributed by atoms with van der Waals surface area (Å²) < 4.78 is 17.7. The Balaban J connectivity index is 1.94. The summed E-state index contributed by atoms with van der Waals surface area (Å²) in [4.78, 5) is 30.8. The number of fused-ring (bicyclic) bond motifs is 1. The fourth-order valence-electron chi connectivity index (χ4n) is 3.61. The van der Waals surface area contributed by atoms with E-state index in [0.717, 1.165) is 25.9 Å². The van der Waals surface area contributed by atoms with Crippen molar-refractivity contribution in [1.29, 1.82) is 0 Å². The van der Waals surface area contributed by atoms with E-state index in [1.807, 2.05) is 4.90 Å². The van der Waals surface area contributed by atoms with Crippen molar-refractivity contribution >= 4 is 16.8 Å². The van der Waals surface area contributed by atoms with Crippen LogP contribution in [0.15, 0.2) is 17.2 Å². The number of amides is 1. The lowest BCUT2D eigenvalue weighted by Gasteiger charge is -2.31. The number of carbonyl (C=O) groups is 1. The van der Waals surface area contributed by atoms with Crippen molar-refractivity contribution in [3.63, 3.8) is 0 Å². The Kier molecular flexibility index (Phi) is 5.53. The summed E-state index contributed by atoms with van der Waals surface area (Å²) in [6.45, 7) is 3.63. The molecule has 1 aliphatic rings. The van der Waals surface area contributed by atoms with Gasteiger partial charge in [-0.15, -0.1) is 0 Å². The fraction of sp³-hybridized carbons (Fsp3) is 0.526. The van der Waals surface area contributed by atoms with Crippen LogP contribution in [-0.2, 0) is 11.3 Å². The SMILES string of the molecule is COc1cc2c(=O)n(CC3CCN(C(C)=O)CC3)cnc2c(OC)c1OC. The normalized spacial score (nSPS) is 15.0. The zero-order chi connectivity index (χ0) is 19.6. The number of likely N-dealkylation sites (tertiary alicyclic amines) is 1. The number of carbonyl (C=O) groups excluding carboxylic acids is 1. The highest BCUT2D eigenvalue weighted by atomic mass is 16.5. The van der Waals surface area contributed by atoms with Crippen LogP contribution < -0.4 is 19.8 Å². The maximum Gasteiger partial charge on any atom is 0.261 e. The summed E-state index contributed by atoms with van der Waals surface area (Å²) in [7, 11) is 4.54. The van der Waals surface area contributed by atoms with E-state index < -0.39 is 0 Å². The van der Waals surface area contributed by atoms with E-state index in [4.69, 9.17) is 14.2 Å². The van der Waals surface area contributed by atoms with Gasteiger partial charge in [-0.05, 0) is 24.8 Å². The number of methoxy groups -OCH3 is 3. The molecule has 1 amide bonds. The number of benzene rings is 1. The Bertz CT molecular complexity index is 900. The van der Waals surface area contributed by atoms with E-state index in [1.165, 1.54) is 21.3 Å². The Morgan fingerprint density at radius 1 is 1.15 bits per heavy atom. The van der Waals surface area contributed by atoms with Crippen LogP contribution in [0.2, 0.25) is 0 Å². The van der Waals surface area contributed by atoms with Crippen LogP contribution in [0.1, 0.15) is 19.8 Å². The van der Waals surface area contributed by atoms with Gasteiger partial charge in [0.05, 0.1) is 33.0 Å². The fourth-order valence-corrected chi connectivity index (χ4v) is 3.61. The van der Waals surface area contributed by atoms with Gasteiger partial charge in [0.15, 0.2) is 11.5 Å². The van der Waals surface area contributed by atoms with Gasteiger partial charge in [0.2, 0.25) is 11.7 Å². The Hall–Kier alpha value is -2.77. The number of piperidine rings is 1. The van der Waals surface area contributed by atoms with Gasteiger partial charge in [-0.3, -0.25) is 14.2 Å². The topological polar surface area (TPSA) is 82.9 Å². The van der Waals surface area contributed by atoms with Gasteiger partial charge >= 0.3 is 0 Å². The lowest BCUT2D eigenvalue weighted by Crippen LogP contribution is -2.38. The maximum absolute atomic E-state index is 13.0. The number of hydrogen-bond acceptors (Lipinski definition) is 6. The predicted molar refractivity (Wildman–Crippen MR) is 101 cm³/mol. The first-order chi connectivity index (χ1) is 13.0. The molecule has 0 spiro atoms. The average Bonchev–Trinajstić information content (AvgIpc) is 2.69. The van der Waals surface area contributed by atoms with E-state index in [9.17, 15) is 9.59 Å². The predicted octanol–water partition coefficient (Wildman–Crippen LogP) is 1.68. The van der Waals surface area contributed by atoms with Crippen LogP contribution in [0.3, 0.4) is 0 Å². The number of hydrogen-bond donors (Lipinski definition) is 0. The molecule has 8 heteroatoms. The van der Waals surface area contributed by atoms with E-state index in [1.54, 1.807) is 23.9 Å². The van der Waals surface area contributed by atoms with Crippen molar-refractivity contribution in [2.45, 2.75) is 26.3 Å². The highest BCUT2D eigenvalue weighted by Crippen LogP contribution is 2.41. The van der Waals surface area contributed by atoms with Crippen LogP contribution in [0.4, 0.5) is 0 Å². The van der Waals surface area contributed by atoms with Gasteiger partial charge in [0.25, 0.3) is 5.56 Å². The number of ether oxygens (including phenoxy) is 3. The molecule has 3 rings (SSSR count). The van der Waals surface area contributed by atoms with Crippen LogP contribution in [0, 0.1) is 5.92 Å². The number of aromatic nitrogens is 2. The second kappa shape index (κ2) is 7.85. The molecule has 2 heterocycles. The monoisotopic (exact) mass is 375 g/mol. The van der Waals surface area contributed by atoms with Gasteiger partial charge in [-0.25, -0.2) is 4.98 Å². The summed E-state index contributed by atoms with van der Waals surface area (Å²) in [5.74, 6) is 1.65. The van der Waals surface area contributed by atoms with Gasteiger partial charge in [-0.2, -0.15) is 0 Å². The van der Waals surface area contributed by atoms with Crippen molar-refractivity contribution < 1.29 is 19.0 Å². The van der Waals surface area contributed by atoms with Crippen molar-refractivity contribution in [3.8, 4) is 17.2 Å². The quantitative estimate of drug-likeness (QED) is 0.791. The van der Waals surface area contributed by atoms with Crippen molar-refractivity contribution in [2.75, 3.05) is 34.4 Å². The largest absolute Gasteiger partial charge is 0.493 e. The number of rotatable bonds is 5. The first-order valence-electron chi connectivity index (χ1n) is 8.93. The van der Waals surface area contributed by atoms with Crippen LogP contribution in [0.5, 0.6) is 17.2 Å². The van der Waals surface area contributed by atoms with Crippen molar-refractivity contribution in [2.24, 2.45) is 5.92 Å². The third kappa shape index (κ3) is 3.56. The molecule has 8 nitrogen and oxygen atoms in total. The van der Waals surface area contributed by atoms with Crippen LogP contribution in [-0.4, -0.2) is 54.8 Å². The zero-order valence-corrected chi connectivity index (χ0v) is 16.2. The third-order valence-electron chi connectivity index (χ3n) is 5.14. The first kappa shape index (κ1) is 19.0. The zero-order valence-electron chi connectivity index (χ0n) is 16.2. The lowest BCUT2D eigenvalue weighted by atomic mass is 9.96. The molecule has 0 atom stereocenters. The molecule has 0 N–H and O–H groups in total. The van der Waals surface area contributed by atoms with Gasteiger partial charge in [0, 0.05) is 26.6 Å². The second-order valence-corrected chi connectivity index (χ2v) is 6.69. The molecule has 1 fully saturated rings. The minimum atomic E-state index is -0.145. The molecule has 1 saturated heterocycles. The van der Waals surface area contributed by atoms with Crippen molar-refractivity contribution in [1.82, 2.24) is 14.5 Å². The standard InChI is InChI=1S/C19H25N3O5/c1-12(23)21-7-5-13(6-8-21)10-22-11-20-16-14(19(22)24)9-15(25-2)17(26-3)18(16)27-4/h9,11,13H,5-8,10H2,1-4H3. The molecule has 0 bridgehead atoms. The maximum atomic E-state index is 13.0. The molecule has 27 heavy (non-hydrogen) atoms. The Morgan fingerprint density at radius 3 is 2.37 bits per heavy atom. The molecule has 2 aromatic rings. The molecule has 1 aromatic heterocycles. The Labute approximate surface area is 157 Å². The number of nitrogens with zero attached hydrogens (tertiary/aromatic N) is 3.